The van der Waals surface area contributed by atoms with Gasteiger partial charge in [0.15, 0.2) is 0 Å². The molecule has 6 heteroatoms. The summed E-state index contributed by atoms with van der Waals surface area (Å²) in [5, 5.41) is 3.00. The Labute approximate surface area is 202 Å². The van der Waals surface area contributed by atoms with Gasteiger partial charge in [-0.05, 0) is 61.9 Å². The fourth-order valence-electron chi connectivity index (χ4n) is 4.22. The second-order valence-electron chi connectivity index (χ2n) is 8.44. The quantitative estimate of drug-likeness (QED) is 0.405. The van der Waals surface area contributed by atoms with E-state index in [1.165, 1.54) is 22.7 Å². The lowest BCUT2D eigenvalue weighted by Crippen LogP contribution is -2.33. The summed E-state index contributed by atoms with van der Waals surface area (Å²) in [7, 11) is -3.90. The third-order valence-corrected chi connectivity index (χ3v) is 7.81. The molecule has 0 saturated heterocycles. The highest BCUT2D eigenvalue weighted by atomic mass is 32.2. The minimum absolute atomic E-state index is 0.120. The van der Waals surface area contributed by atoms with Crippen LogP contribution in [0.15, 0.2) is 101 Å². The molecule has 0 atom stereocenters. The van der Waals surface area contributed by atoms with Crippen molar-refractivity contribution in [3.8, 4) is 0 Å². The Morgan fingerprint density at radius 3 is 2.24 bits per heavy atom. The summed E-state index contributed by atoms with van der Waals surface area (Å²) in [5.41, 5.74) is 2.93. The molecule has 0 unspecified atom stereocenters. The molecule has 1 N–H and O–H groups in total. The number of rotatable bonds is 9. The van der Waals surface area contributed by atoms with Gasteiger partial charge >= 0.3 is 0 Å². The van der Waals surface area contributed by atoms with Crippen LogP contribution in [0.25, 0.3) is 0 Å². The van der Waals surface area contributed by atoms with Crippen molar-refractivity contribution in [2.24, 2.45) is 0 Å². The molecule has 1 aliphatic carbocycles. The maximum atomic E-state index is 13.7. The van der Waals surface area contributed by atoms with Gasteiger partial charge in [-0.2, -0.15) is 0 Å². The van der Waals surface area contributed by atoms with E-state index in [1.807, 2.05) is 30.3 Å². The number of sulfonamides is 1. The normalized spacial score (nSPS) is 13.7. The van der Waals surface area contributed by atoms with Crippen LogP contribution in [0.4, 0.5) is 5.69 Å². The lowest BCUT2D eigenvalue weighted by atomic mass is 9.97. The first-order valence-corrected chi connectivity index (χ1v) is 13.2. The van der Waals surface area contributed by atoms with Crippen LogP contribution in [-0.2, 0) is 16.6 Å². The lowest BCUT2D eigenvalue weighted by Gasteiger charge is -2.26. The first-order valence-electron chi connectivity index (χ1n) is 11.7. The van der Waals surface area contributed by atoms with Gasteiger partial charge in [-0.1, -0.05) is 72.3 Å². The van der Waals surface area contributed by atoms with E-state index < -0.39 is 10.0 Å². The molecule has 4 rings (SSSR count). The highest BCUT2D eigenvalue weighted by Gasteiger charge is 2.28. The van der Waals surface area contributed by atoms with E-state index in [4.69, 9.17) is 0 Å². The van der Waals surface area contributed by atoms with Crippen molar-refractivity contribution in [2.75, 3.05) is 10.8 Å². The number of carbonyl (C=O) groups is 1. The molecular formula is C28H30N2O3S. The van der Waals surface area contributed by atoms with Crippen molar-refractivity contribution < 1.29 is 13.2 Å². The molecule has 3 aromatic rings. The Morgan fingerprint density at radius 1 is 0.853 bits per heavy atom. The molecule has 1 aliphatic rings. The average Bonchev–Trinajstić information content (AvgIpc) is 2.89. The first kappa shape index (κ1) is 23.8. The Balaban J connectivity index is 1.64. The molecule has 0 radical (unpaired) electrons. The van der Waals surface area contributed by atoms with E-state index in [1.54, 1.807) is 54.6 Å². The number of hydrogen-bond donors (Lipinski definition) is 1. The molecule has 3 aromatic carbocycles. The fraction of sp³-hybridized carbons (Fsp3) is 0.250. The Bertz CT molecular complexity index is 1240. The van der Waals surface area contributed by atoms with Gasteiger partial charge in [-0.15, -0.1) is 0 Å². The van der Waals surface area contributed by atoms with Crippen LogP contribution in [0.3, 0.4) is 0 Å². The number of amides is 1. The molecule has 0 aromatic heterocycles. The van der Waals surface area contributed by atoms with E-state index in [0.717, 1.165) is 24.8 Å². The third kappa shape index (κ3) is 5.75. The summed E-state index contributed by atoms with van der Waals surface area (Å²) in [6.45, 7) is 0.651. The summed E-state index contributed by atoms with van der Waals surface area (Å²) >= 11 is 0. The van der Waals surface area contributed by atoms with Gasteiger partial charge in [-0.25, -0.2) is 8.42 Å². The Morgan fingerprint density at radius 2 is 1.53 bits per heavy atom. The predicted octanol–water partition coefficient (Wildman–Crippen LogP) is 5.70. The Hall–Kier alpha value is -3.38. The number of carbonyl (C=O) groups excluding carboxylic acids is 1. The molecule has 5 nitrogen and oxygen atoms in total. The molecule has 0 fully saturated rings. The van der Waals surface area contributed by atoms with E-state index in [9.17, 15) is 13.2 Å². The van der Waals surface area contributed by atoms with Crippen molar-refractivity contribution in [2.45, 2.75) is 43.5 Å². The number of benzene rings is 3. The zero-order chi connectivity index (χ0) is 23.8. The molecule has 0 aliphatic heterocycles. The standard InChI is InChI=1S/C28H30N2O3S/c31-28(29-21-20-23-12-4-1-5-13-23)26-18-10-11-19-27(26)30(22-24-14-6-2-7-15-24)34(32,33)25-16-8-3-9-17-25/h2-3,6-12,14-19H,1,4-5,13,20-22H2,(H,29,31). The van der Waals surface area contributed by atoms with Crippen LogP contribution in [0.5, 0.6) is 0 Å². The van der Waals surface area contributed by atoms with Crippen LogP contribution in [0.1, 0.15) is 48.0 Å². The van der Waals surface area contributed by atoms with Crippen molar-refractivity contribution in [3.63, 3.8) is 0 Å². The van der Waals surface area contributed by atoms with Crippen molar-refractivity contribution in [3.05, 3.63) is 108 Å². The number of nitrogens with zero attached hydrogens (tertiary/aromatic N) is 1. The van der Waals surface area contributed by atoms with Gasteiger partial charge in [0, 0.05) is 6.54 Å². The summed E-state index contributed by atoms with van der Waals surface area (Å²) in [6, 6.07) is 24.7. The number of anilines is 1. The van der Waals surface area contributed by atoms with Crippen LogP contribution >= 0.6 is 0 Å². The fourth-order valence-corrected chi connectivity index (χ4v) is 5.71. The van der Waals surface area contributed by atoms with Gasteiger partial charge in [-0.3, -0.25) is 9.10 Å². The zero-order valence-electron chi connectivity index (χ0n) is 19.2. The average molecular weight is 475 g/mol. The van der Waals surface area contributed by atoms with Gasteiger partial charge in [0.05, 0.1) is 22.7 Å². The van der Waals surface area contributed by atoms with E-state index in [0.29, 0.717) is 17.8 Å². The second kappa shape index (κ2) is 11.2. The Kier molecular flexibility index (Phi) is 7.80. The molecule has 0 spiro atoms. The van der Waals surface area contributed by atoms with Crippen molar-refractivity contribution in [1.29, 1.82) is 0 Å². The van der Waals surface area contributed by atoms with Crippen molar-refractivity contribution in [1.82, 2.24) is 5.32 Å². The summed E-state index contributed by atoms with van der Waals surface area (Å²) in [5.74, 6) is -0.270. The predicted molar refractivity (Wildman–Crippen MR) is 136 cm³/mol. The number of nitrogens with one attached hydrogen (secondary N) is 1. The highest BCUT2D eigenvalue weighted by Crippen LogP contribution is 2.29. The van der Waals surface area contributed by atoms with Crippen LogP contribution in [0.2, 0.25) is 0 Å². The largest absolute Gasteiger partial charge is 0.352 e. The molecular weight excluding hydrogens is 444 g/mol. The second-order valence-corrected chi connectivity index (χ2v) is 10.3. The third-order valence-electron chi connectivity index (χ3n) is 6.03. The molecule has 1 amide bonds. The smallest absolute Gasteiger partial charge is 0.264 e. The molecule has 176 valence electrons. The summed E-state index contributed by atoms with van der Waals surface area (Å²) < 4.78 is 28.8. The molecule has 0 saturated carbocycles. The maximum Gasteiger partial charge on any atom is 0.264 e. The molecule has 0 bridgehead atoms. The van der Waals surface area contributed by atoms with Crippen LogP contribution < -0.4 is 9.62 Å². The van der Waals surface area contributed by atoms with E-state index in [-0.39, 0.29) is 17.3 Å². The maximum absolute atomic E-state index is 13.7. The zero-order valence-corrected chi connectivity index (χ0v) is 20.0. The van der Waals surface area contributed by atoms with Gasteiger partial charge in [0.1, 0.15) is 0 Å². The van der Waals surface area contributed by atoms with Gasteiger partial charge < -0.3 is 5.32 Å². The number of hydrogen-bond acceptors (Lipinski definition) is 3. The molecule has 34 heavy (non-hydrogen) atoms. The van der Waals surface area contributed by atoms with Gasteiger partial charge in [0.2, 0.25) is 0 Å². The summed E-state index contributed by atoms with van der Waals surface area (Å²) in [6.07, 6.45) is 7.73. The van der Waals surface area contributed by atoms with Crippen LogP contribution in [0, 0.1) is 0 Å². The first-order chi connectivity index (χ1) is 16.6. The number of allylic oxidation sites excluding steroid dienone is 1. The molecule has 0 heterocycles. The van der Waals surface area contributed by atoms with E-state index >= 15 is 0 Å². The van der Waals surface area contributed by atoms with Crippen LogP contribution in [-0.4, -0.2) is 20.9 Å². The minimum atomic E-state index is -3.90. The lowest BCUT2D eigenvalue weighted by molar-refractivity contribution is 0.0954. The topological polar surface area (TPSA) is 66.5 Å². The SMILES string of the molecule is O=C(NCCC1=CCCCC1)c1ccccc1N(Cc1ccccc1)S(=O)(=O)c1ccccc1. The summed E-state index contributed by atoms with van der Waals surface area (Å²) in [4.78, 5) is 13.4. The highest BCUT2D eigenvalue weighted by molar-refractivity contribution is 7.92. The number of para-hydroxylation sites is 1. The van der Waals surface area contributed by atoms with Gasteiger partial charge in [0.25, 0.3) is 15.9 Å². The van der Waals surface area contributed by atoms with Crippen molar-refractivity contribution >= 4 is 21.6 Å². The monoisotopic (exact) mass is 474 g/mol. The van der Waals surface area contributed by atoms with E-state index in [2.05, 4.69) is 11.4 Å². The minimum Gasteiger partial charge on any atom is -0.352 e.